The Hall–Kier alpha value is -2.51. The van der Waals surface area contributed by atoms with Gasteiger partial charge < -0.3 is 18.9 Å². The number of methoxy groups -OCH3 is 1. The van der Waals surface area contributed by atoms with Gasteiger partial charge in [-0.25, -0.2) is 9.59 Å². The van der Waals surface area contributed by atoms with Crippen molar-refractivity contribution in [3.8, 4) is 11.5 Å². The first-order chi connectivity index (χ1) is 15.4. The predicted molar refractivity (Wildman–Crippen MR) is 122 cm³/mol. The van der Waals surface area contributed by atoms with Crippen LogP contribution in [0, 0.1) is 0 Å². The largest absolute Gasteiger partial charge is 0.493 e. The summed E-state index contributed by atoms with van der Waals surface area (Å²) in [6.07, 6.45) is 5.28. The van der Waals surface area contributed by atoms with E-state index in [9.17, 15) is 9.59 Å². The number of ether oxygens (including phenoxy) is 4. The standard InChI is InChI=1S/C24H22BrClO6/c1-29-20-13-16(12-19(25)21(20)30-14-15-5-7-17(26)8-6-15)11-18-22(27)31-24(32-23(18)28)9-3-2-4-10-24/h5-8,11-13H,2-4,9-10,14H2,1H3. The molecule has 0 radical (unpaired) electrons. The molecule has 2 aromatic carbocycles. The molecule has 0 atom stereocenters. The van der Waals surface area contributed by atoms with Gasteiger partial charge in [0, 0.05) is 17.9 Å². The van der Waals surface area contributed by atoms with Crippen molar-refractivity contribution >= 4 is 45.5 Å². The first-order valence-electron chi connectivity index (χ1n) is 10.3. The molecule has 8 heteroatoms. The SMILES string of the molecule is COc1cc(C=C2C(=O)OC3(CCCCC3)OC2=O)cc(Br)c1OCc1ccc(Cl)cc1. The normalized spacial score (nSPS) is 17.5. The number of esters is 2. The second kappa shape index (κ2) is 9.55. The van der Waals surface area contributed by atoms with Crippen molar-refractivity contribution in [2.45, 2.75) is 44.5 Å². The van der Waals surface area contributed by atoms with E-state index >= 15 is 0 Å². The molecule has 2 aliphatic rings. The van der Waals surface area contributed by atoms with Crippen molar-refractivity contribution in [3.63, 3.8) is 0 Å². The molecule has 0 aromatic heterocycles. The Labute approximate surface area is 199 Å². The highest BCUT2D eigenvalue weighted by molar-refractivity contribution is 9.10. The molecule has 168 valence electrons. The first-order valence-corrected chi connectivity index (χ1v) is 11.5. The van der Waals surface area contributed by atoms with Crippen molar-refractivity contribution in [3.05, 3.63) is 62.6 Å². The number of rotatable bonds is 5. The van der Waals surface area contributed by atoms with Crippen LogP contribution in [0.25, 0.3) is 6.08 Å². The monoisotopic (exact) mass is 520 g/mol. The molecule has 0 bridgehead atoms. The van der Waals surface area contributed by atoms with E-state index in [2.05, 4.69) is 15.9 Å². The van der Waals surface area contributed by atoms with Crippen molar-refractivity contribution < 1.29 is 28.5 Å². The highest BCUT2D eigenvalue weighted by atomic mass is 79.9. The highest BCUT2D eigenvalue weighted by Crippen LogP contribution is 2.40. The average molecular weight is 522 g/mol. The molecule has 6 nitrogen and oxygen atoms in total. The maximum atomic E-state index is 12.6. The molecule has 2 fully saturated rings. The van der Waals surface area contributed by atoms with Gasteiger partial charge in [-0.05, 0) is 70.2 Å². The Bertz CT molecular complexity index is 1030. The molecular weight excluding hydrogens is 500 g/mol. The van der Waals surface area contributed by atoms with E-state index in [-0.39, 0.29) is 5.57 Å². The van der Waals surface area contributed by atoms with Gasteiger partial charge >= 0.3 is 11.9 Å². The molecule has 2 aromatic rings. The van der Waals surface area contributed by atoms with Gasteiger partial charge in [0.05, 0.1) is 11.6 Å². The highest BCUT2D eigenvalue weighted by Gasteiger charge is 2.46. The molecular formula is C24H22BrClO6. The predicted octanol–water partition coefficient (Wildman–Crippen LogP) is 5.83. The van der Waals surface area contributed by atoms with E-state index in [1.165, 1.54) is 13.2 Å². The third-order valence-corrected chi connectivity index (χ3v) is 6.31. The number of carbonyl (C=O) groups is 2. The quantitative estimate of drug-likeness (QED) is 0.280. The summed E-state index contributed by atoms with van der Waals surface area (Å²) in [6, 6.07) is 10.8. The van der Waals surface area contributed by atoms with Gasteiger partial charge in [0.2, 0.25) is 0 Å². The third-order valence-electron chi connectivity index (χ3n) is 5.47. The van der Waals surface area contributed by atoms with Crippen LogP contribution in [0.5, 0.6) is 11.5 Å². The molecule has 32 heavy (non-hydrogen) atoms. The number of benzene rings is 2. The Balaban J connectivity index is 1.54. The number of hydrogen-bond acceptors (Lipinski definition) is 6. The van der Waals surface area contributed by atoms with Crippen LogP contribution in [-0.2, 0) is 25.7 Å². The van der Waals surface area contributed by atoms with Gasteiger partial charge in [0.15, 0.2) is 11.5 Å². The molecule has 1 saturated heterocycles. The van der Waals surface area contributed by atoms with Crippen molar-refractivity contribution in [1.29, 1.82) is 0 Å². The fourth-order valence-electron chi connectivity index (χ4n) is 3.83. The van der Waals surface area contributed by atoms with Crippen LogP contribution < -0.4 is 9.47 Å². The van der Waals surface area contributed by atoms with E-state index in [4.69, 9.17) is 30.5 Å². The fourth-order valence-corrected chi connectivity index (χ4v) is 4.53. The van der Waals surface area contributed by atoms with Crippen LogP contribution in [0.4, 0.5) is 0 Å². The minimum atomic E-state index is -1.11. The van der Waals surface area contributed by atoms with Crippen molar-refractivity contribution in [2.75, 3.05) is 7.11 Å². The summed E-state index contributed by atoms with van der Waals surface area (Å²) in [5.74, 6) is -1.50. The van der Waals surface area contributed by atoms with E-state index in [0.717, 1.165) is 24.8 Å². The van der Waals surface area contributed by atoms with Crippen LogP contribution >= 0.6 is 27.5 Å². The number of halogens is 2. The Morgan fingerprint density at radius 2 is 1.72 bits per heavy atom. The van der Waals surface area contributed by atoms with E-state index in [1.807, 2.05) is 12.1 Å². The molecule has 1 heterocycles. The zero-order chi connectivity index (χ0) is 22.7. The summed E-state index contributed by atoms with van der Waals surface area (Å²) in [7, 11) is 1.52. The van der Waals surface area contributed by atoms with Crippen LogP contribution in [0.3, 0.4) is 0 Å². The molecule has 1 saturated carbocycles. The lowest BCUT2D eigenvalue weighted by atomic mass is 9.93. The minimum Gasteiger partial charge on any atom is -0.493 e. The summed E-state index contributed by atoms with van der Waals surface area (Å²) >= 11 is 9.41. The number of hydrogen-bond donors (Lipinski definition) is 0. The molecule has 0 unspecified atom stereocenters. The maximum Gasteiger partial charge on any atom is 0.348 e. The second-order valence-corrected chi connectivity index (χ2v) is 9.05. The summed E-state index contributed by atoms with van der Waals surface area (Å²) in [5.41, 5.74) is 1.36. The van der Waals surface area contributed by atoms with Gasteiger partial charge in [-0.3, -0.25) is 0 Å². The van der Waals surface area contributed by atoms with Gasteiger partial charge in [0.25, 0.3) is 5.79 Å². The second-order valence-electron chi connectivity index (χ2n) is 7.76. The topological polar surface area (TPSA) is 71.1 Å². The average Bonchev–Trinajstić information content (AvgIpc) is 2.77. The Morgan fingerprint density at radius 1 is 1.06 bits per heavy atom. The zero-order valence-corrected chi connectivity index (χ0v) is 19.8. The minimum absolute atomic E-state index is 0.148. The number of carbonyl (C=O) groups excluding carboxylic acids is 2. The molecule has 0 N–H and O–H groups in total. The van der Waals surface area contributed by atoms with E-state index in [1.54, 1.807) is 24.3 Å². The van der Waals surface area contributed by atoms with Crippen LogP contribution in [-0.4, -0.2) is 24.8 Å². The smallest absolute Gasteiger partial charge is 0.348 e. The van der Waals surface area contributed by atoms with Crippen molar-refractivity contribution in [1.82, 2.24) is 0 Å². The molecule has 4 rings (SSSR count). The van der Waals surface area contributed by atoms with Gasteiger partial charge in [-0.2, -0.15) is 0 Å². The lowest BCUT2D eigenvalue weighted by Gasteiger charge is -2.38. The lowest BCUT2D eigenvalue weighted by molar-refractivity contribution is -0.244. The van der Waals surface area contributed by atoms with Crippen molar-refractivity contribution in [2.24, 2.45) is 0 Å². The fraction of sp³-hybridized carbons (Fsp3) is 0.333. The van der Waals surface area contributed by atoms with E-state index < -0.39 is 17.7 Å². The van der Waals surface area contributed by atoms with Crippen LogP contribution in [0.2, 0.25) is 5.02 Å². The first kappa shape index (κ1) is 22.7. The molecule has 1 aliphatic carbocycles. The van der Waals surface area contributed by atoms with Gasteiger partial charge in [-0.1, -0.05) is 30.2 Å². The summed E-state index contributed by atoms with van der Waals surface area (Å²) in [5, 5.41) is 0.652. The summed E-state index contributed by atoms with van der Waals surface area (Å²) < 4.78 is 23.1. The van der Waals surface area contributed by atoms with Gasteiger partial charge in [0.1, 0.15) is 12.2 Å². The Kier molecular flexibility index (Phi) is 6.76. The molecule has 1 spiro atoms. The summed E-state index contributed by atoms with van der Waals surface area (Å²) in [4.78, 5) is 25.2. The Morgan fingerprint density at radius 3 is 2.34 bits per heavy atom. The molecule has 1 aliphatic heterocycles. The van der Waals surface area contributed by atoms with E-state index in [0.29, 0.717) is 46.0 Å². The lowest BCUT2D eigenvalue weighted by Crippen LogP contribution is -2.47. The molecule has 0 amide bonds. The van der Waals surface area contributed by atoms with Gasteiger partial charge in [-0.15, -0.1) is 0 Å². The summed E-state index contributed by atoms with van der Waals surface area (Å²) in [6.45, 7) is 0.313. The zero-order valence-electron chi connectivity index (χ0n) is 17.5. The van der Waals surface area contributed by atoms with Crippen LogP contribution in [0.15, 0.2) is 46.4 Å². The maximum absolute atomic E-state index is 12.6. The third kappa shape index (κ3) is 4.94. The van der Waals surface area contributed by atoms with Crippen LogP contribution in [0.1, 0.15) is 43.2 Å².